The number of piperazine rings is 1. The van der Waals surface area contributed by atoms with Crippen LogP contribution in [0.3, 0.4) is 0 Å². The average molecular weight is 409 g/mol. The molecule has 0 unspecified atom stereocenters. The molecule has 2 aromatic heterocycles. The molecule has 1 saturated heterocycles. The Kier molecular flexibility index (Phi) is 5.94. The molecule has 0 bridgehead atoms. The van der Waals surface area contributed by atoms with Crippen molar-refractivity contribution >= 4 is 17.6 Å². The van der Waals surface area contributed by atoms with Gasteiger partial charge in [-0.15, -0.1) is 0 Å². The molecule has 0 amide bonds. The molecule has 0 N–H and O–H groups in total. The van der Waals surface area contributed by atoms with Gasteiger partial charge in [0, 0.05) is 43.5 Å². The number of nitrogens with zero attached hydrogens (tertiary/aromatic N) is 6. The van der Waals surface area contributed by atoms with E-state index in [1.807, 2.05) is 19.9 Å². The molecule has 1 aromatic carbocycles. The van der Waals surface area contributed by atoms with Gasteiger partial charge in [0.05, 0.1) is 13.0 Å². The molecule has 1 fully saturated rings. The number of carbonyl (C=O) groups is 1. The van der Waals surface area contributed by atoms with E-state index in [1.165, 1.54) is 11.9 Å². The van der Waals surface area contributed by atoms with E-state index in [2.05, 4.69) is 56.1 Å². The Morgan fingerprint density at radius 1 is 1.17 bits per heavy atom. The van der Waals surface area contributed by atoms with Crippen LogP contribution in [-0.2, 0) is 16.0 Å². The first-order valence-electron chi connectivity index (χ1n) is 10.5. The largest absolute Gasteiger partial charge is 0.466 e. The van der Waals surface area contributed by atoms with Crippen LogP contribution in [0.4, 0.5) is 5.82 Å². The maximum absolute atomic E-state index is 12.3. The highest BCUT2D eigenvalue weighted by atomic mass is 16.5. The first-order valence-corrected chi connectivity index (χ1v) is 10.5. The number of fused-ring (bicyclic) bond motifs is 1. The van der Waals surface area contributed by atoms with E-state index in [4.69, 9.17) is 4.74 Å². The molecule has 8 nitrogen and oxygen atoms in total. The topological polar surface area (TPSA) is 75.9 Å². The van der Waals surface area contributed by atoms with Gasteiger partial charge in [-0.3, -0.25) is 9.69 Å². The van der Waals surface area contributed by atoms with Crippen molar-refractivity contribution in [3.8, 4) is 0 Å². The molecule has 4 rings (SSSR count). The Morgan fingerprint density at radius 2 is 1.90 bits per heavy atom. The molecule has 8 heteroatoms. The molecule has 0 radical (unpaired) electrons. The summed E-state index contributed by atoms with van der Waals surface area (Å²) in [7, 11) is 0. The van der Waals surface area contributed by atoms with Gasteiger partial charge in [0.25, 0.3) is 5.78 Å². The fraction of sp³-hybridized carbons (Fsp3) is 0.455. The summed E-state index contributed by atoms with van der Waals surface area (Å²) in [4.78, 5) is 25.8. The Labute approximate surface area is 176 Å². The van der Waals surface area contributed by atoms with Crippen molar-refractivity contribution in [2.45, 2.75) is 33.2 Å². The highest BCUT2D eigenvalue weighted by Crippen LogP contribution is 2.28. The monoisotopic (exact) mass is 408 g/mol. The van der Waals surface area contributed by atoms with E-state index in [0.29, 0.717) is 18.4 Å². The van der Waals surface area contributed by atoms with Crippen LogP contribution in [0.25, 0.3) is 5.78 Å². The Bertz CT molecular complexity index is 1010. The zero-order chi connectivity index (χ0) is 21.1. The summed E-state index contributed by atoms with van der Waals surface area (Å²) >= 11 is 0. The maximum Gasteiger partial charge on any atom is 0.310 e. The number of esters is 1. The summed E-state index contributed by atoms with van der Waals surface area (Å²) < 4.78 is 6.94. The number of benzene rings is 1. The van der Waals surface area contributed by atoms with Gasteiger partial charge in [-0.2, -0.15) is 14.6 Å². The van der Waals surface area contributed by atoms with Crippen LogP contribution < -0.4 is 4.90 Å². The number of hydrogen-bond donors (Lipinski definition) is 0. The Hall–Kier alpha value is -3.00. The lowest BCUT2D eigenvalue weighted by molar-refractivity contribution is -0.142. The summed E-state index contributed by atoms with van der Waals surface area (Å²) in [5, 5.41) is 4.39. The van der Waals surface area contributed by atoms with Crippen molar-refractivity contribution in [2.75, 3.05) is 37.7 Å². The van der Waals surface area contributed by atoms with Gasteiger partial charge < -0.3 is 9.64 Å². The fourth-order valence-corrected chi connectivity index (χ4v) is 4.12. The molecular weight excluding hydrogens is 380 g/mol. The minimum Gasteiger partial charge on any atom is -0.466 e. The van der Waals surface area contributed by atoms with Crippen molar-refractivity contribution < 1.29 is 9.53 Å². The van der Waals surface area contributed by atoms with Crippen LogP contribution in [0.5, 0.6) is 0 Å². The standard InChI is InChI=1S/C22H28N6O2/c1-4-30-20(29)14-19-16(2)25-22-23-15-24-28(22)21(19)27-12-10-26(11-13-27)17(3)18-8-6-5-7-9-18/h5-9,15,17H,4,10-14H2,1-3H3/t17-/m1/s1. The van der Waals surface area contributed by atoms with E-state index >= 15 is 0 Å². The number of aromatic nitrogens is 4. The van der Waals surface area contributed by atoms with Crippen molar-refractivity contribution in [2.24, 2.45) is 0 Å². The summed E-state index contributed by atoms with van der Waals surface area (Å²) in [6, 6.07) is 10.9. The number of ether oxygens (including phenoxy) is 1. The smallest absolute Gasteiger partial charge is 0.310 e. The summed E-state index contributed by atoms with van der Waals surface area (Å²) in [6.07, 6.45) is 1.69. The van der Waals surface area contributed by atoms with Crippen LogP contribution in [0, 0.1) is 6.92 Å². The third kappa shape index (κ3) is 4.00. The molecule has 158 valence electrons. The van der Waals surface area contributed by atoms with Crippen molar-refractivity contribution in [1.29, 1.82) is 0 Å². The predicted octanol–water partition coefficient (Wildman–Crippen LogP) is 2.42. The highest BCUT2D eigenvalue weighted by molar-refractivity contribution is 5.75. The zero-order valence-electron chi connectivity index (χ0n) is 17.8. The van der Waals surface area contributed by atoms with Gasteiger partial charge in [0.1, 0.15) is 12.1 Å². The van der Waals surface area contributed by atoms with Gasteiger partial charge in [-0.05, 0) is 26.3 Å². The third-order valence-corrected chi connectivity index (χ3v) is 5.77. The van der Waals surface area contributed by atoms with Gasteiger partial charge in [-0.1, -0.05) is 30.3 Å². The van der Waals surface area contributed by atoms with Crippen molar-refractivity contribution in [3.05, 3.63) is 53.5 Å². The highest BCUT2D eigenvalue weighted by Gasteiger charge is 2.27. The van der Waals surface area contributed by atoms with Crippen molar-refractivity contribution in [3.63, 3.8) is 0 Å². The minimum absolute atomic E-state index is 0.179. The first kappa shape index (κ1) is 20.3. The predicted molar refractivity (Wildman–Crippen MR) is 114 cm³/mol. The second kappa shape index (κ2) is 8.79. The Morgan fingerprint density at radius 3 is 2.60 bits per heavy atom. The number of anilines is 1. The number of hydrogen-bond acceptors (Lipinski definition) is 7. The van der Waals surface area contributed by atoms with Crippen LogP contribution in [0.15, 0.2) is 36.7 Å². The molecule has 1 aliphatic heterocycles. The van der Waals surface area contributed by atoms with E-state index in [-0.39, 0.29) is 12.4 Å². The molecule has 0 spiro atoms. The van der Waals surface area contributed by atoms with Crippen LogP contribution in [-0.4, -0.2) is 63.2 Å². The molecule has 3 aromatic rings. The van der Waals surface area contributed by atoms with Crippen molar-refractivity contribution in [1.82, 2.24) is 24.5 Å². The molecule has 30 heavy (non-hydrogen) atoms. The second-order valence-corrected chi connectivity index (χ2v) is 7.56. The maximum atomic E-state index is 12.3. The van der Waals surface area contributed by atoms with E-state index in [1.54, 1.807) is 4.52 Å². The summed E-state index contributed by atoms with van der Waals surface area (Å²) in [6.45, 7) is 9.87. The fourth-order valence-electron chi connectivity index (χ4n) is 4.12. The lowest BCUT2D eigenvalue weighted by atomic mass is 10.1. The number of carbonyl (C=O) groups excluding carboxylic acids is 1. The van der Waals surface area contributed by atoms with Crippen LogP contribution >= 0.6 is 0 Å². The minimum atomic E-state index is -0.251. The van der Waals surface area contributed by atoms with Gasteiger partial charge >= 0.3 is 5.97 Å². The van der Waals surface area contributed by atoms with E-state index in [0.717, 1.165) is 43.3 Å². The molecule has 1 aliphatic rings. The van der Waals surface area contributed by atoms with Gasteiger partial charge in [0.15, 0.2) is 0 Å². The SMILES string of the molecule is CCOC(=O)Cc1c(C)nc2ncnn2c1N1CCN([C@H](C)c2ccccc2)CC1. The quantitative estimate of drug-likeness (QED) is 0.580. The van der Waals surface area contributed by atoms with Crippen LogP contribution in [0.2, 0.25) is 0 Å². The van der Waals surface area contributed by atoms with E-state index in [9.17, 15) is 4.79 Å². The average Bonchev–Trinajstić information content (AvgIpc) is 3.22. The molecule has 0 saturated carbocycles. The lowest BCUT2D eigenvalue weighted by Crippen LogP contribution is -2.48. The lowest BCUT2D eigenvalue weighted by Gasteiger charge is -2.39. The molecular formula is C22H28N6O2. The molecule has 0 aliphatic carbocycles. The second-order valence-electron chi connectivity index (χ2n) is 7.56. The zero-order valence-corrected chi connectivity index (χ0v) is 17.8. The van der Waals surface area contributed by atoms with Gasteiger partial charge in [0.2, 0.25) is 0 Å². The van der Waals surface area contributed by atoms with Gasteiger partial charge in [-0.25, -0.2) is 4.98 Å². The first-order chi connectivity index (χ1) is 14.6. The summed E-state index contributed by atoms with van der Waals surface area (Å²) in [5.41, 5.74) is 2.97. The number of rotatable bonds is 6. The molecule has 1 atom stereocenters. The van der Waals surface area contributed by atoms with E-state index < -0.39 is 0 Å². The number of aryl methyl sites for hydroxylation is 1. The normalized spacial score (nSPS) is 16.0. The van der Waals surface area contributed by atoms with Crippen LogP contribution in [0.1, 0.15) is 36.7 Å². The Balaban J connectivity index is 1.59. The summed E-state index contributed by atoms with van der Waals surface area (Å²) in [5.74, 6) is 1.20. The molecule has 3 heterocycles. The third-order valence-electron chi connectivity index (χ3n) is 5.77.